The van der Waals surface area contributed by atoms with E-state index in [2.05, 4.69) is 14.9 Å². The van der Waals surface area contributed by atoms with Crippen molar-refractivity contribution in [3.63, 3.8) is 0 Å². The Morgan fingerprint density at radius 2 is 2.04 bits per heavy atom. The summed E-state index contributed by atoms with van der Waals surface area (Å²) in [6, 6.07) is 5.48. The van der Waals surface area contributed by atoms with Crippen LogP contribution in [0.5, 0.6) is 11.5 Å². The Kier molecular flexibility index (Phi) is 4.74. The molecule has 0 fully saturated rings. The zero-order valence-corrected chi connectivity index (χ0v) is 14.3. The van der Waals surface area contributed by atoms with Gasteiger partial charge in [-0.1, -0.05) is 6.07 Å². The minimum Gasteiger partial charge on any atom is -0.493 e. The lowest BCUT2D eigenvalue weighted by Crippen LogP contribution is -2.27. The highest BCUT2D eigenvalue weighted by molar-refractivity contribution is 5.92. The molecule has 0 saturated heterocycles. The van der Waals surface area contributed by atoms with Crippen LogP contribution >= 0.6 is 0 Å². The molecule has 1 aliphatic rings. The Morgan fingerprint density at radius 3 is 2.75 bits per heavy atom. The molecule has 0 spiro atoms. The molecule has 1 aromatic heterocycles. The zero-order chi connectivity index (χ0) is 17.1. The van der Waals surface area contributed by atoms with Gasteiger partial charge in [-0.2, -0.15) is 0 Å². The first-order chi connectivity index (χ1) is 11.6. The van der Waals surface area contributed by atoms with Crippen LogP contribution in [0.25, 0.3) is 0 Å². The van der Waals surface area contributed by atoms with Crippen LogP contribution in [-0.4, -0.2) is 29.7 Å². The van der Waals surface area contributed by atoms with E-state index in [0.29, 0.717) is 17.2 Å². The van der Waals surface area contributed by atoms with Crippen molar-refractivity contribution >= 4 is 5.91 Å². The van der Waals surface area contributed by atoms with Gasteiger partial charge in [0, 0.05) is 19.2 Å². The Morgan fingerprint density at radius 1 is 1.25 bits per heavy atom. The molecule has 128 valence electrons. The monoisotopic (exact) mass is 329 g/mol. The van der Waals surface area contributed by atoms with Gasteiger partial charge in [0.05, 0.1) is 20.3 Å². The van der Waals surface area contributed by atoms with Gasteiger partial charge in [-0.3, -0.25) is 4.79 Å². The van der Waals surface area contributed by atoms with E-state index < -0.39 is 0 Å². The van der Waals surface area contributed by atoms with Gasteiger partial charge in [0.1, 0.15) is 11.5 Å². The normalized spacial score (nSPS) is 14.6. The number of carbonyl (C=O) groups excluding carboxylic acids is 1. The Bertz CT molecular complexity index is 716. The van der Waals surface area contributed by atoms with Gasteiger partial charge >= 0.3 is 0 Å². The van der Waals surface area contributed by atoms with Gasteiger partial charge in [0.2, 0.25) is 0 Å². The van der Waals surface area contributed by atoms with Crippen LogP contribution in [-0.2, 0) is 13.0 Å². The van der Waals surface area contributed by atoms with E-state index >= 15 is 0 Å². The van der Waals surface area contributed by atoms with Gasteiger partial charge in [-0.25, -0.2) is 4.98 Å². The fraction of sp³-hybridized carbons (Fsp3) is 0.444. The first-order valence-corrected chi connectivity index (χ1v) is 8.21. The number of hydrogen-bond acceptors (Lipinski definition) is 4. The van der Waals surface area contributed by atoms with Crippen LogP contribution in [0.2, 0.25) is 0 Å². The molecule has 3 rings (SSSR count). The van der Waals surface area contributed by atoms with E-state index in [4.69, 9.17) is 9.47 Å². The topological polar surface area (TPSA) is 65.4 Å². The fourth-order valence-corrected chi connectivity index (χ4v) is 3.00. The molecule has 1 N–H and O–H groups in total. The number of ether oxygens (including phenoxy) is 2. The summed E-state index contributed by atoms with van der Waals surface area (Å²) < 4.78 is 12.6. The third kappa shape index (κ3) is 3.22. The van der Waals surface area contributed by atoms with Gasteiger partial charge < -0.3 is 19.4 Å². The second kappa shape index (κ2) is 6.95. The van der Waals surface area contributed by atoms with Crippen molar-refractivity contribution in [1.82, 2.24) is 14.9 Å². The maximum absolute atomic E-state index is 12.5. The van der Waals surface area contributed by atoms with Crippen LogP contribution in [0.3, 0.4) is 0 Å². The maximum atomic E-state index is 12.5. The molecule has 6 nitrogen and oxygen atoms in total. The number of methoxy groups -OCH3 is 2. The summed E-state index contributed by atoms with van der Waals surface area (Å²) in [6.07, 6.45) is 5.08. The molecular formula is C18H23N3O3. The molecule has 2 heterocycles. The highest BCUT2D eigenvalue weighted by Gasteiger charge is 2.19. The van der Waals surface area contributed by atoms with E-state index in [1.807, 2.05) is 31.3 Å². The Balaban J connectivity index is 1.73. The zero-order valence-electron chi connectivity index (χ0n) is 14.3. The Hall–Kier alpha value is -2.50. The standard InChI is InChI=1S/C18H23N3O3/c1-12(13-7-8-15(23-2)16(10-13)24-3)19-18(22)14-11-21-9-5-4-6-17(21)20-14/h7-8,10-12H,4-6,9H2,1-3H3,(H,19,22)/t12-/m0/s1. The van der Waals surface area contributed by atoms with E-state index in [1.54, 1.807) is 14.2 Å². The van der Waals surface area contributed by atoms with E-state index in [0.717, 1.165) is 37.2 Å². The van der Waals surface area contributed by atoms with Crippen molar-refractivity contribution in [2.75, 3.05) is 14.2 Å². The van der Waals surface area contributed by atoms with Crippen molar-refractivity contribution in [3.05, 3.63) is 41.5 Å². The molecule has 1 atom stereocenters. The molecule has 0 bridgehead atoms. The number of nitrogens with one attached hydrogen (secondary N) is 1. The number of aryl methyl sites for hydroxylation is 2. The lowest BCUT2D eigenvalue weighted by molar-refractivity contribution is 0.0935. The second-order valence-electron chi connectivity index (χ2n) is 6.00. The van der Waals surface area contributed by atoms with Gasteiger partial charge in [-0.15, -0.1) is 0 Å². The highest BCUT2D eigenvalue weighted by Crippen LogP contribution is 2.30. The number of hydrogen-bond donors (Lipinski definition) is 1. The van der Waals surface area contributed by atoms with Gasteiger partial charge in [-0.05, 0) is 37.5 Å². The molecule has 0 saturated carbocycles. The third-order valence-corrected chi connectivity index (χ3v) is 4.40. The number of benzene rings is 1. The van der Waals surface area contributed by atoms with Crippen LogP contribution in [0, 0.1) is 0 Å². The van der Waals surface area contributed by atoms with Crippen molar-refractivity contribution in [1.29, 1.82) is 0 Å². The lowest BCUT2D eigenvalue weighted by Gasteiger charge is -2.16. The van der Waals surface area contributed by atoms with Crippen LogP contribution in [0.15, 0.2) is 24.4 Å². The van der Waals surface area contributed by atoms with Crippen molar-refractivity contribution in [3.8, 4) is 11.5 Å². The third-order valence-electron chi connectivity index (χ3n) is 4.40. The number of imidazole rings is 1. The van der Waals surface area contributed by atoms with Gasteiger partial charge in [0.25, 0.3) is 5.91 Å². The van der Waals surface area contributed by atoms with Crippen molar-refractivity contribution < 1.29 is 14.3 Å². The average Bonchev–Trinajstić information content (AvgIpc) is 3.05. The first kappa shape index (κ1) is 16.4. The van der Waals surface area contributed by atoms with E-state index in [1.165, 1.54) is 0 Å². The predicted molar refractivity (Wildman–Crippen MR) is 90.6 cm³/mol. The maximum Gasteiger partial charge on any atom is 0.271 e. The molecular weight excluding hydrogens is 306 g/mol. The fourth-order valence-electron chi connectivity index (χ4n) is 3.00. The minimum absolute atomic E-state index is 0.154. The molecule has 0 aliphatic carbocycles. The van der Waals surface area contributed by atoms with Crippen LogP contribution in [0.4, 0.5) is 0 Å². The summed E-state index contributed by atoms with van der Waals surface area (Å²) >= 11 is 0. The largest absolute Gasteiger partial charge is 0.493 e. The number of amides is 1. The molecule has 6 heteroatoms. The smallest absolute Gasteiger partial charge is 0.271 e. The molecule has 1 aliphatic heterocycles. The van der Waals surface area contributed by atoms with E-state index in [-0.39, 0.29) is 11.9 Å². The summed E-state index contributed by atoms with van der Waals surface area (Å²) in [6.45, 7) is 2.88. The SMILES string of the molecule is COc1ccc([C@H](C)NC(=O)c2cn3c(n2)CCCC3)cc1OC. The van der Waals surface area contributed by atoms with Crippen molar-refractivity contribution in [2.24, 2.45) is 0 Å². The lowest BCUT2D eigenvalue weighted by atomic mass is 10.1. The molecule has 2 aromatic rings. The number of aromatic nitrogens is 2. The summed E-state index contributed by atoms with van der Waals surface area (Å²) in [5.74, 6) is 2.17. The minimum atomic E-state index is -0.156. The van der Waals surface area contributed by atoms with Crippen molar-refractivity contribution in [2.45, 2.75) is 38.8 Å². The number of rotatable bonds is 5. The molecule has 1 aromatic carbocycles. The summed E-state index contributed by atoms with van der Waals surface area (Å²) in [5, 5.41) is 3.00. The van der Waals surface area contributed by atoms with Gasteiger partial charge in [0.15, 0.2) is 11.5 Å². The Labute approximate surface area is 141 Å². The van der Waals surface area contributed by atoms with E-state index in [9.17, 15) is 4.79 Å². The number of fused-ring (bicyclic) bond motifs is 1. The number of carbonyl (C=O) groups is 1. The molecule has 1 amide bonds. The summed E-state index contributed by atoms with van der Waals surface area (Å²) in [7, 11) is 3.20. The predicted octanol–water partition coefficient (Wildman–Crippen LogP) is 2.73. The quantitative estimate of drug-likeness (QED) is 0.916. The molecule has 24 heavy (non-hydrogen) atoms. The first-order valence-electron chi connectivity index (χ1n) is 8.21. The van der Waals surface area contributed by atoms with Crippen LogP contribution in [0.1, 0.15) is 47.7 Å². The summed E-state index contributed by atoms with van der Waals surface area (Å²) in [4.78, 5) is 16.9. The average molecular weight is 329 g/mol. The molecule has 0 radical (unpaired) electrons. The number of nitrogens with zero attached hydrogens (tertiary/aromatic N) is 2. The molecule has 0 unspecified atom stereocenters. The highest BCUT2D eigenvalue weighted by atomic mass is 16.5. The second-order valence-corrected chi connectivity index (χ2v) is 6.00. The van der Waals surface area contributed by atoms with Crippen LogP contribution < -0.4 is 14.8 Å². The summed E-state index contributed by atoms with van der Waals surface area (Å²) in [5.41, 5.74) is 1.43.